The molecular weight excluding hydrogens is 204 g/mol. The standard InChI is InChI=1S/C10H9ClO3/c11-9(6-12)7-14-10(13)8-4-2-1-3-5-8/h1-6,9H,7H2. The van der Waals surface area contributed by atoms with E-state index in [2.05, 4.69) is 0 Å². The number of esters is 1. The van der Waals surface area contributed by atoms with Gasteiger partial charge < -0.3 is 9.53 Å². The first kappa shape index (κ1) is 10.7. The number of ether oxygens (including phenoxy) is 1. The number of hydrogen-bond acceptors (Lipinski definition) is 3. The fraction of sp³-hybridized carbons (Fsp3) is 0.200. The number of benzene rings is 1. The van der Waals surface area contributed by atoms with E-state index >= 15 is 0 Å². The minimum Gasteiger partial charge on any atom is -0.460 e. The zero-order valence-electron chi connectivity index (χ0n) is 7.35. The van der Waals surface area contributed by atoms with Gasteiger partial charge in [0.2, 0.25) is 0 Å². The van der Waals surface area contributed by atoms with Gasteiger partial charge >= 0.3 is 5.97 Å². The maximum atomic E-state index is 11.3. The van der Waals surface area contributed by atoms with Crippen LogP contribution in [0.3, 0.4) is 0 Å². The summed E-state index contributed by atoms with van der Waals surface area (Å²) < 4.78 is 4.78. The number of aldehydes is 1. The van der Waals surface area contributed by atoms with Gasteiger partial charge in [0.1, 0.15) is 18.3 Å². The highest BCUT2D eigenvalue weighted by atomic mass is 35.5. The van der Waals surface area contributed by atoms with Crippen molar-refractivity contribution in [3.63, 3.8) is 0 Å². The van der Waals surface area contributed by atoms with Crippen LogP contribution in [-0.4, -0.2) is 24.2 Å². The maximum Gasteiger partial charge on any atom is 0.338 e. The Kier molecular flexibility index (Phi) is 4.13. The quantitative estimate of drug-likeness (QED) is 0.433. The predicted octanol–water partition coefficient (Wildman–Crippen LogP) is 1.65. The van der Waals surface area contributed by atoms with Crippen LogP contribution in [0.2, 0.25) is 0 Å². The van der Waals surface area contributed by atoms with Crippen LogP contribution in [0.15, 0.2) is 30.3 Å². The van der Waals surface area contributed by atoms with Crippen molar-refractivity contribution in [2.45, 2.75) is 5.38 Å². The summed E-state index contributed by atoms with van der Waals surface area (Å²) in [6.07, 6.45) is 0.528. The van der Waals surface area contributed by atoms with Gasteiger partial charge in [0.05, 0.1) is 5.56 Å². The number of carbonyl (C=O) groups is 2. The van der Waals surface area contributed by atoms with Gasteiger partial charge in [-0.2, -0.15) is 0 Å². The Bertz CT molecular complexity index is 310. The van der Waals surface area contributed by atoms with Gasteiger partial charge in [-0.1, -0.05) is 18.2 Å². The summed E-state index contributed by atoms with van der Waals surface area (Å²) in [6, 6.07) is 8.52. The molecule has 1 unspecified atom stereocenters. The summed E-state index contributed by atoms with van der Waals surface area (Å²) in [7, 11) is 0. The fourth-order valence-electron chi connectivity index (χ4n) is 0.852. The van der Waals surface area contributed by atoms with E-state index in [-0.39, 0.29) is 6.61 Å². The Morgan fingerprint density at radius 2 is 2.07 bits per heavy atom. The Balaban J connectivity index is 2.47. The zero-order chi connectivity index (χ0) is 10.4. The molecule has 0 N–H and O–H groups in total. The summed E-state index contributed by atoms with van der Waals surface area (Å²) in [5, 5.41) is -0.775. The van der Waals surface area contributed by atoms with Crippen LogP contribution < -0.4 is 0 Å². The van der Waals surface area contributed by atoms with Crippen LogP contribution >= 0.6 is 11.6 Å². The van der Waals surface area contributed by atoms with E-state index in [1.807, 2.05) is 0 Å². The summed E-state index contributed by atoms with van der Waals surface area (Å²) in [6.45, 7) is -0.0984. The molecule has 0 saturated heterocycles. The van der Waals surface area contributed by atoms with Gasteiger partial charge in [-0.05, 0) is 12.1 Å². The first-order valence-corrected chi connectivity index (χ1v) is 4.49. The van der Waals surface area contributed by atoms with E-state index in [0.717, 1.165) is 0 Å². The third-order valence-corrected chi connectivity index (χ3v) is 1.76. The van der Waals surface area contributed by atoms with E-state index in [1.165, 1.54) is 0 Å². The molecule has 0 radical (unpaired) electrons. The Morgan fingerprint density at radius 1 is 1.43 bits per heavy atom. The van der Waals surface area contributed by atoms with E-state index in [4.69, 9.17) is 16.3 Å². The predicted molar refractivity (Wildman–Crippen MR) is 52.4 cm³/mol. The summed E-state index contributed by atoms with van der Waals surface area (Å²) in [5.74, 6) is -0.474. The first-order chi connectivity index (χ1) is 6.74. The van der Waals surface area contributed by atoms with Crippen molar-refractivity contribution in [2.24, 2.45) is 0 Å². The van der Waals surface area contributed by atoms with Crippen LogP contribution in [0, 0.1) is 0 Å². The largest absolute Gasteiger partial charge is 0.460 e. The molecule has 14 heavy (non-hydrogen) atoms. The summed E-state index contributed by atoms with van der Waals surface area (Å²) >= 11 is 5.45. The Labute approximate surface area is 86.6 Å². The number of hydrogen-bond donors (Lipinski definition) is 0. The topological polar surface area (TPSA) is 43.4 Å². The molecule has 1 aromatic rings. The molecule has 0 aromatic heterocycles. The third kappa shape index (κ3) is 3.18. The lowest BCUT2D eigenvalue weighted by Crippen LogP contribution is -2.15. The lowest BCUT2D eigenvalue weighted by molar-refractivity contribution is -0.108. The van der Waals surface area contributed by atoms with Crippen molar-refractivity contribution >= 4 is 23.9 Å². The van der Waals surface area contributed by atoms with Gasteiger partial charge in [0.15, 0.2) is 0 Å². The second-order valence-corrected chi connectivity index (χ2v) is 3.18. The smallest absolute Gasteiger partial charge is 0.338 e. The van der Waals surface area contributed by atoms with E-state index in [0.29, 0.717) is 11.8 Å². The van der Waals surface area contributed by atoms with Crippen LogP contribution in [0.5, 0.6) is 0 Å². The number of halogens is 1. The molecule has 4 heteroatoms. The molecule has 0 fully saturated rings. The molecular formula is C10H9ClO3. The highest BCUT2D eigenvalue weighted by Gasteiger charge is 2.09. The number of alkyl halides is 1. The van der Waals surface area contributed by atoms with Gasteiger partial charge in [-0.25, -0.2) is 4.79 Å². The minimum absolute atomic E-state index is 0.0984. The van der Waals surface area contributed by atoms with Crippen molar-refractivity contribution < 1.29 is 14.3 Å². The second kappa shape index (κ2) is 5.40. The van der Waals surface area contributed by atoms with Crippen molar-refractivity contribution in [1.29, 1.82) is 0 Å². The monoisotopic (exact) mass is 212 g/mol. The summed E-state index contributed by atoms with van der Waals surface area (Å²) in [5.41, 5.74) is 0.447. The van der Waals surface area contributed by atoms with E-state index in [1.54, 1.807) is 30.3 Å². The zero-order valence-corrected chi connectivity index (χ0v) is 8.11. The molecule has 0 heterocycles. The molecule has 0 aliphatic carbocycles. The van der Waals surface area contributed by atoms with E-state index < -0.39 is 11.3 Å². The van der Waals surface area contributed by atoms with Gasteiger partial charge in [-0.15, -0.1) is 11.6 Å². The van der Waals surface area contributed by atoms with Gasteiger partial charge in [-0.3, -0.25) is 0 Å². The summed E-state index contributed by atoms with van der Waals surface area (Å²) in [4.78, 5) is 21.4. The molecule has 1 atom stereocenters. The molecule has 3 nitrogen and oxygen atoms in total. The first-order valence-electron chi connectivity index (χ1n) is 4.05. The number of rotatable bonds is 4. The molecule has 0 bridgehead atoms. The molecule has 0 aliphatic rings. The van der Waals surface area contributed by atoms with Crippen molar-refractivity contribution in [1.82, 2.24) is 0 Å². The van der Waals surface area contributed by atoms with Crippen molar-refractivity contribution in [2.75, 3.05) is 6.61 Å². The molecule has 1 rings (SSSR count). The van der Waals surface area contributed by atoms with Gasteiger partial charge in [0, 0.05) is 0 Å². The lowest BCUT2D eigenvalue weighted by atomic mass is 10.2. The SMILES string of the molecule is O=CC(Cl)COC(=O)c1ccccc1. The highest BCUT2D eigenvalue weighted by molar-refractivity contribution is 6.27. The Morgan fingerprint density at radius 3 is 2.64 bits per heavy atom. The lowest BCUT2D eigenvalue weighted by Gasteiger charge is -2.04. The average molecular weight is 213 g/mol. The molecule has 0 amide bonds. The molecule has 0 saturated carbocycles. The van der Waals surface area contributed by atoms with Crippen LogP contribution in [-0.2, 0) is 9.53 Å². The Hall–Kier alpha value is -1.35. The maximum absolute atomic E-state index is 11.3. The van der Waals surface area contributed by atoms with Gasteiger partial charge in [0.25, 0.3) is 0 Å². The number of carbonyl (C=O) groups excluding carboxylic acids is 2. The van der Waals surface area contributed by atoms with Crippen molar-refractivity contribution in [3.05, 3.63) is 35.9 Å². The molecule has 74 valence electrons. The molecule has 0 aliphatic heterocycles. The van der Waals surface area contributed by atoms with Crippen LogP contribution in [0.1, 0.15) is 10.4 Å². The normalized spacial score (nSPS) is 11.8. The molecule has 1 aromatic carbocycles. The minimum atomic E-state index is -0.775. The highest BCUT2D eigenvalue weighted by Crippen LogP contribution is 2.02. The van der Waals surface area contributed by atoms with E-state index in [9.17, 15) is 9.59 Å². The van der Waals surface area contributed by atoms with Crippen LogP contribution in [0.25, 0.3) is 0 Å². The van der Waals surface area contributed by atoms with Crippen molar-refractivity contribution in [3.8, 4) is 0 Å². The average Bonchev–Trinajstić information content (AvgIpc) is 2.26. The third-order valence-electron chi connectivity index (χ3n) is 1.53. The van der Waals surface area contributed by atoms with Crippen LogP contribution in [0.4, 0.5) is 0 Å². The fourth-order valence-corrected chi connectivity index (χ4v) is 0.915. The second-order valence-electron chi connectivity index (χ2n) is 2.62. The molecule has 0 spiro atoms.